The van der Waals surface area contributed by atoms with Crippen molar-refractivity contribution in [3.05, 3.63) is 43.6 Å². The van der Waals surface area contributed by atoms with E-state index >= 15 is 0 Å². The van der Waals surface area contributed by atoms with E-state index in [1.807, 2.05) is 30.3 Å². The summed E-state index contributed by atoms with van der Waals surface area (Å²) in [5.74, 6) is 0. The minimum Gasteiger partial charge on any atom is -0.411 e. The number of fused-ring (bicyclic) bond motifs is 1. The Hall–Kier alpha value is 0.477. The third-order valence-electron chi connectivity index (χ3n) is 6.32. The Labute approximate surface area is 203 Å². The largest absolute Gasteiger partial charge is 0.411 e. The Morgan fingerprint density at radius 1 is 1.21 bits per heavy atom. The lowest BCUT2D eigenvalue weighted by molar-refractivity contribution is -0.331. The average Bonchev–Trinajstić information content (AvgIpc) is 2.61. The van der Waals surface area contributed by atoms with Gasteiger partial charge in [0, 0.05) is 12.0 Å². The fourth-order valence-electron chi connectivity index (χ4n) is 3.53. The summed E-state index contributed by atoms with van der Waals surface area (Å²) in [6.07, 6.45) is 2.41. The van der Waals surface area contributed by atoms with Gasteiger partial charge >= 0.3 is 0 Å². The Morgan fingerprint density at radius 3 is 2.45 bits per heavy atom. The molecule has 3 rings (SSSR count). The predicted molar refractivity (Wildman–Crippen MR) is 136 cm³/mol. The van der Waals surface area contributed by atoms with Crippen molar-refractivity contribution >= 4 is 53.5 Å². The van der Waals surface area contributed by atoms with E-state index in [1.54, 1.807) is 0 Å². The average molecular weight is 642 g/mol. The molecule has 29 heavy (non-hydrogen) atoms. The minimum atomic E-state index is -1.95. The second-order valence-electron chi connectivity index (χ2n) is 9.68. The maximum Gasteiger partial charge on any atom is 0.192 e. The number of benzene rings is 1. The van der Waals surface area contributed by atoms with E-state index in [-0.39, 0.29) is 29.6 Å². The molecule has 4 nitrogen and oxygen atoms in total. The maximum atomic E-state index is 6.83. The second-order valence-corrected chi connectivity index (χ2v) is 18.8. The highest BCUT2D eigenvalue weighted by Gasteiger charge is 2.52. The first-order valence-corrected chi connectivity index (χ1v) is 15.2. The highest BCUT2D eigenvalue weighted by atomic mass is 127. The summed E-state index contributed by atoms with van der Waals surface area (Å²) in [6, 6.07) is 10.1. The fraction of sp³-hybridized carbons (Fsp3) is 0.636. The summed E-state index contributed by atoms with van der Waals surface area (Å²) >= 11 is 4.67. The molecule has 2 aliphatic rings. The van der Waals surface area contributed by atoms with Gasteiger partial charge in [0.25, 0.3) is 0 Å². The first-order chi connectivity index (χ1) is 13.4. The predicted octanol–water partition coefficient (Wildman–Crippen LogP) is 6.75. The number of hydrogen-bond donors (Lipinski definition) is 0. The van der Waals surface area contributed by atoms with Gasteiger partial charge < -0.3 is 18.6 Å². The molecule has 0 spiro atoms. The molecule has 0 N–H and O–H groups in total. The summed E-state index contributed by atoms with van der Waals surface area (Å²) in [6.45, 7) is 14.0. The van der Waals surface area contributed by atoms with Crippen LogP contribution in [0.1, 0.15) is 46.0 Å². The maximum absolute atomic E-state index is 6.83. The van der Waals surface area contributed by atoms with Gasteiger partial charge in [-0.3, -0.25) is 0 Å². The van der Waals surface area contributed by atoms with Crippen LogP contribution in [0.3, 0.4) is 0 Å². The summed E-state index contributed by atoms with van der Waals surface area (Å²) in [5.41, 5.74) is 0.558. The van der Waals surface area contributed by atoms with Gasteiger partial charge in [-0.1, -0.05) is 51.1 Å². The van der Waals surface area contributed by atoms with Crippen LogP contribution in [0.25, 0.3) is 0 Å². The van der Waals surface area contributed by atoms with Crippen molar-refractivity contribution in [1.29, 1.82) is 0 Å². The Balaban J connectivity index is 1.84. The number of hydrogen-bond acceptors (Lipinski definition) is 4. The molecule has 1 aromatic rings. The van der Waals surface area contributed by atoms with Crippen molar-refractivity contribution in [3.63, 3.8) is 0 Å². The van der Waals surface area contributed by atoms with Gasteiger partial charge in [0.1, 0.15) is 11.7 Å². The van der Waals surface area contributed by atoms with Crippen LogP contribution in [0.5, 0.6) is 0 Å². The van der Waals surface area contributed by atoms with Crippen LogP contribution in [0.2, 0.25) is 18.1 Å². The molecule has 5 atom stereocenters. The van der Waals surface area contributed by atoms with Crippen molar-refractivity contribution in [2.75, 3.05) is 6.61 Å². The highest BCUT2D eigenvalue weighted by Crippen LogP contribution is 2.44. The number of halogens is 2. The monoisotopic (exact) mass is 642 g/mol. The quantitative estimate of drug-likeness (QED) is 0.269. The minimum absolute atomic E-state index is 0.0250. The number of ether oxygens (including phenoxy) is 3. The Morgan fingerprint density at radius 2 is 1.86 bits per heavy atom. The second kappa shape index (κ2) is 9.15. The topological polar surface area (TPSA) is 36.9 Å². The first-order valence-electron chi connectivity index (χ1n) is 10.1. The summed E-state index contributed by atoms with van der Waals surface area (Å²) in [5, 5.41) is 0.141. The zero-order valence-corrected chi connectivity index (χ0v) is 23.4. The third kappa shape index (κ3) is 5.64. The van der Waals surface area contributed by atoms with Crippen LogP contribution in [-0.4, -0.2) is 38.8 Å². The normalized spacial score (nSPS) is 33.1. The Bertz CT molecular complexity index is 730. The summed E-state index contributed by atoms with van der Waals surface area (Å²) in [7, 11) is -1.95. The van der Waals surface area contributed by atoms with Crippen LogP contribution in [0.15, 0.2) is 38.0 Å². The lowest BCUT2D eigenvalue weighted by atomic mass is 9.88. The standard InChI is InChI=1S/C22H32I2O4Si/c1-21(2,3)29(5,6)28-17-12-18-22(4,27-16(17)13-19(23)24)14-25-20(26-18)15-10-8-7-9-11-15/h7-11,13,16-18,20H,12,14H2,1-6H3/t16-,17+,18?,20+,22+/m0/s1. The lowest BCUT2D eigenvalue weighted by Crippen LogP contribution is -2.62. The molecule has 0 aliphatic carbocycles. The molecule has 2 fully saturated rings. The fourth-order valence-corrected chi connectivity index (χ4v) is 5.58. The van der Waals surface area contributed by atoms with E-state index in [4.69, 9.17) is 18.6 Å². The van der Waals surface area contributed by atoms with Crippen LogP contribution in [0, 0.1) is 0 Å². The molecular formula is C22H32I2O4Si. The van der Waals surface area contributed by atoms with E-state index in [0.29, 0.717) is 6.61 Å². The van der Waals surface area contributed by atoms with E-state index in [1.165, 1.54) is 1.59 Å². The molecule has 0 amide bonds. The van der Waals surface area contributed by atoms with Gasteiger partial charge in [-0.2, -0.15) is 0 Å². The molecule has 162 valence electrons. The van der Waals surface area contributed by atoms with Crippen LogP contribution in [0.4, 0.5) is 0 Å². The summed E-state index contributed by atoms with van der Waals surface area (Å²) in [4.78, 5) is 0. The van der Waals surface area contributed by atoms with E-state index < -0.39 is 13.9 Å². The molecule has 7 heteroatoms. The van der Waals surface area contributed by atoms with Crippen molar-refractivity contribution in [3.8, 4) is 0 Å². The van der Waals surface area contributed by atoms with Gasteiger partial charge in [-0.15, -0.1) is 0 Å². The van der Waals surface area contributed by atoms with Gasteiger partial charge in [0.2, 0.25) is 0 Å². The molecular weight excluding hydrogens is 610 g/mol. The molecule has 2 saturated heterocycles. The molecule has 1 unspecified atom stereocenters. The summed E-state index contributed by atoms with van der Waals surface area (Å²) < 4.78 is 27.1. The SMILES string of the molecule is CC(C)(C)[Si](C)(C)O[C@@H]1CC2O[C@H](c3ccccc3)OC[C@@]2(C)O[C@H]1C=C(I)I. The number of rotatable bonds is 4. The van der Waals surface area contributed by atoms with Crippen LogP contribution in [-0.2, 0) is 18.6 Å². The van der Waals surface area contributed by atoms with Gasteiger partial charge in [0.05, 0.1) is 20.4 Å². The smallest absolute Gasteiger partial charge is 0.192 e. The molecule has 2 aliphatic heterocycles. The third-order valence-corrected chi connectivity index (χ3v) is 11.5. The Kier molecular flexibility index (Phi) is 7.61. The molecule has 0 radical (unpaired) electrons. The molecule has 0 bridgehead atoms. The van der Waals surface area contributed by atoms with Crippen molar-refractivity contribution in [2.24, 2.45) is 0 Å². The van der Waals surface area contributed by atoms with Crippen molar-refractivity contribution < 1.29 is 18.6 Å². The lowest BCUT2D eigenvalue weighted by Gasteiger charge is -2.52. The van der Waals surface area contributed by atoms with E-state index in [0.717, 1.165) is 12.0 Å². The zero-order valence-electron chi connectivity index (χ0n) is 18.1. The van der Waals surface area contributed by atoms with Gasteiger partial charge in [0.15, 0.2) is 14.6 Å². The van der Waals surface area contributed by atoms with Crippen molar-refractivity contribution in [2.45, 2.75) is 82.5 Å². The van der Waals surface area contributed by atoms with Gasteiger partial charge in [-0.25, -0.2) is 0 Å². The molecule has 1 aromatic carbocycles. The highest BCUT2D eigenvalue weighted by molar-refractivity contribution is 14.2. The molecule has 0 aromatic heterocycles. The zero-order chi connectivity index (χ0) is 21.4. The molecule has 0 saturated carbocycles. The molecule has 2 heterocycles. The van der Waals surface area contributed by atoms with Crippen LogP contribution < -0.4 is 0 Å². The van der Waals surface area contributed by atoms with Crippen LogP contribution >= 0.6 is 45.2 Å². The van der Waals surface area contributed by atoms with E-state index in [2.05, 4.69) is 92.0 Å². The van der Waals surface area contributed by atoms with Gasteiger partial charge in [-0.05, 0) is 76.3 Å². The van der Waals surface area contributed by atoms with Crippen molar-refractivity contribution in [1.82, 2.24) is 0 Å². The first kappa shape index (κ1) is 24.1. The van der Waals surface area contributed by atoms with E-state index in [9.17, 15) is 0 Å².